The molecule has 1 aromatic heterocycles. The molecule has 0 atom stereocenters. The summed E-state index contributed by atoms with van der Waals surface area (Å²) in [7, 11) is 0. The SMILES string of the molecule is CCCCOC(=O)c1coc(-c2ccc(Cl)cc2)n1. The van der Waals surface area contributed by atoms with Crippen LogP contribution in [-0.2, 0) is 4.74 Å². The Balaban J connectivity index is 2.06. The smallest absolute Gasteiger partial charge is 0.360 e. The summed E-state index contributed by atoms with van der Waals surface area (Å²) in [5.41, 5.74) is 0.943. The minimum Gasteiger partial charge on any atom is -0.461 e. The number of hydrogen-bond acceptors (Lipinski definition) is 4. The molecule has 1 heterocycles. The van der Waals surface area contributed by atoms with Gasteiger partial charge in [-0.1, -0.05) is 24.9 Å². The van der Waals surface area contributed by atoms with Gasteiger partial charge in [0, 0.05) is 10.6 Å². The fourth-order valence-electron chi connectivity index (χ4n) is 1.48. The molecule has 0 N–H and O–H groups in total. The monoisotopic (exact) mass is 279 g/mol. The van der Waals surface area contributed by atoms with Gasteiger partial charge < -0.3 is 9.15 Å². The zero-order valence-corrected chi connectivity index (χ0v) is 11.3. The van der Waals surface area contributed by atoms with Crippen LogP contribution in [0.5, 0.6) is 0 Å². The van der Waals surface area contributed by atoms with E-state index in [9.17, 15) is 4.79 Å². The van der Waals surface area contributed by atoms with E-state index in [0.29, 0.717) is 17.5 Å². The first-order chi connectivity index (χ1) is 9.20. The number of aromatic nitrogens is 1. The lowest BCUT2D eigenvalue weighted by Crippen LogP contribution is -2.06. The molecule has 1 aromatic carbocycles. The average molecular weight is 280 g/mol. The summed E-state index contributed by atoms with van der Waals surface area (Å²) in [5.74, 6) is -0.0866. The topological polar surface area (TPSA) is 52.3 Å². The predicted molar refractivity (Wildman–Crippen MR) is 72.1 cm³/mol. The van der Waals surface area contributed by atoms with Crippen LogP contribution in [0.25, 0.3) is 11.5 Å². The third-order valence-corrected chi connectivity index (χ3v) is 2.79. The van der Waals surface area contributed by atoms with Crippen molar-refractivity contribution in [2.24, 2.45) is 0 Å². The van der Waals surface area contributed by atoms with Gasteiger partial charge in [0.25, 0.3) is 0 Å². The molecule has 0 amide bonds. The molecule has 2 aromatic rings. The fourth-order valence-corrected chi connectivity index (χ4v) is 1.60. The van der Waals surface area contributed by atoms with Crippen molar-refractivity contribution in [2.45, 2.75) is 19.8 Å². The number of benzene rings is 1. The quantitative estimate of drug-likeness (QED) is 0.614. The van der Waals surface area contributed by atoms with Crippen molar-refractivity contribution in [2.75, 3.05) is 6.61 Å². The van der Waals surface area contributed by atoms with Crippen LogP contribution in [0.2, 0.25) is 5.02 Å². The molecule has 0 aliphatic heterocycles. The normalized spacial score (nSPS) is 10.4. The summed E-state index contributed by atoms with van der Waals surface area (Å²) in [6.07, 6.45) is 3.12. The molecule has 0 spiro atoms. The number of carbonyl (C=O) groups is 1. The van der Waals surface area contributed by atoms with Crippen molar-refractivity contribution in [3.05, 3.63) is 41.2 Å². The second-order valence-corrected chi connectivity index (χ2v) is 4.47. The van der Waals surface area contributed by atoms with Crippen LogP contribution in [0.4, 0.5) is 0 Å². The van der Waals surface area contributed by atoms with Gasteiger partial charge >= 0.3 is 5.97 Å². The van der Waals surface area contributed by atoms with E-state index in [1.165, 1.54) is 6.26 Å². The lowest BCUT2D eigenvalue weighted by molar-refractivity contribution is 0.0493. The first kappa shape index (κ1) is 13.6. The number of hydrogen-bond donors (Lipinski definition) is 0. The van der Waals surface area contributed by atoms with Gasteiger partial charge in [-0.05, 0) is 30.7 Å². The number of halogens is 1. The van der Waals surface area contributed by atoms with Gasteiger partial charge in [0.05, 0.1) is 6.61 Å². The Bertz CT molecular complexity index is 548. The Labute approximate surface area is 116 Å². The van der Waals surface area contributed by atoms with Gasteiger partial charge in [-0.25, -0.2) is 9.78 Å². The number of oxazole rings is 1. The summed E-state index contributed by atoms with van der Waals surface area (Å²) in [4.78, 5) is 15.8. The van der Waals surface area contributed by atoms with Gasteiger partial charge in [-0.15, -0.1) is 0 Å². The molecule has 5 heteroatoms. The highest BCUT2D eigenvalue weighted by Gasteiger charge is 2.14. The summed E-state index contributed by atoms with van der Waals surface area (Å²) >= 11 is 5.80. The van der Waals surface area contributed by atoms with Crippen molar-refractivity contribution in [1.29, 1.82) is 0 Å². The third-order valence-electron chi connectivity index (χ3n) is 2.54. The third kappa shape index (κ3) is 3.58. The number of nitrogens with zero attached hydrogens (tertiary/aromatic N) is 1. The summed E-state index contributed by atoms with van der Waals surface area (Å²) < 4.78 is 10.3. The minimum atomic E-state index is -0.461. The fraction of sp³-hybridized carbons (Fsp3) is 0.286. The molecule has 100 valence electrons. The van der Waals surface area contributed by atoms with Gasteiger partial charge in [0.1, 0.15) is 6.26 Å². The molecular weight excluding hydrogens is 266 g/mol. The molecule has 0 aliphatic carbocycles. The van der Waals surface area contributed by atoms with Crippen molar-refractivity contribution < 1.29 is 13.9 Å². The minimum absolute atomic E-state index is 0.182. The van der Waals surface area contributed by atoms with Crippen LogP contribution in [-0.4, -0.2) is 17.6 Å². The van der Waals surface area contributed by atoms with Crippen molar-refractivity contribution in [3.8, 4) is 11.5 Å². The van der Waals surface area contributed by atoms with Crippen LogP contribution < -0.4 is 0 Å². The van der Waals surface area contributed by atoms with E-state index in [1.54, 1.807) is 24.3 Å². The Morgan fingerprint density at radius 1 is 1.37 bits per heavy atom. The van der Waals surface area contributed by atoms with Crippen LogP contribution in [0.3, 0.4) is 0 Å². The Hall–Kier alpha value is -1.81. The van der Waals surface area contributed by atoms with Crippen LogP contribution in [0, 0.1) is 0 Å². The standard InChI is InChI=1S/C14H14ClNO3/c1-2-3-8-18-14(17)12-9-19-13(16-12)10-4-6-11(15)7-5-10/h4-7,9H,2-3,8H2,1H3. The van der Waals surface area contributed by atoms with Crippen molar-refractivity contribution in [3.63, 3.8) is 0 Å². The first-order valence-corrected chi connectivity index (χ1v) is 6.47. The van der Waals surface area contributed by atoms with Gasteiger partial charge in [0.2, 0.25) is 5.89 Å². The van der Waals surface area contributed by atoms with E-state index >= 15 is 0 Å². The van der Waals surface area contributed by atoms with Crippen LogP contribution in [0.15, 0.2) is 34.9 Å². The maximum absolute atomic E-state index is 11.7. The zero-order chi connectivity index (χ0) is 13.7. The van der Waals surface area contributed by atoms with Gasteiger partial charge in [0.15, 0.2) is 5.69 Å². The van der Waals surface area contributed by atoms with Crippen molar-refractivity contribution >= 4 is 17.6 Å². The lowest BCUT2D eigenvalue weighted by Gasteiger charge is -1.99. The largest absolute Gasteiger partial charge is 0.461 e. The van der Waals surface area contributed by atoms with Crippen molar-refractivity contribution in [1.82, 2.24) is 4.98 Å². The van der Waals surface area contributed by atoms with Crippen LogP contribution >= 0.6 is 11.6 Å². The lowest BCUT2D eigenvalue weighted by atomic mass is 10.2. The van der Waals surface area contributed by atoms with E-state index < -0.39 is 5.97 Å². The van der Waals surface area contributed by atoms with Crippen LogP contribution in [0.1, 0.15) is 30.3 Å². The van der Waals surface area contributed by atoms with E-state index in [-0.39, 0.29) is 5.69 Å². The van der Waals surface area contributed by atoms with Gasteiger partial charge in [-0.2, -0.15) is 0 Å². The molecule has 0 fully saturated rings. The molecule has 0 unspecified atom stereocenters. The second kappa shape index (κ2) is 6.38. The Morgan fingerprint density at radius 3 is 2.79 bits per heavy atom. The number of carbonyl (C=O) groups excluding carboxylic acids is 1. The van der Waals surface area contributed by atoms with E-state index in [1.807, 2.05) is 6.92 Å². The average Bonchev–Trinajstić information content (AvgIpc) is 2.89. The summed E-state index contributed by atoms with van der Waals surface area (Å²) in [6, 6.07) is 7.03. The Kier molecular flexibility index (Phi) is 4.58. The van der Waals surface area contributed by atoms with E-state index in [0.717, 1.165) is 18.4 Å². The zero-order valence-electron chi connectivity index (χ0n) is 10.6. The van der Waals surface area contributed by atoms with Gasteiger partial charge in [-0.3, -0.25) is 0 Å². The highest BCUT2D eigenvalue weighted by molar-refractivity contribution is 6.30. The molecule has 0 saturated carbocycles. The van der Waals surface area contributed by atoms with E-state index in [4.69, 9.17) is 20.8 Å². The molecule has 0 radical (unpaired) electrons. The maximum atomic E-state index is 11.7. The second-order valence-electron chi connectivity index (χ2n) is 4.03. The molecule has 19 heavy (non-hydrogen) atoms. The maximum Gasteiger partial charge on any atom is 0.360 e. The highest BCUT2D eigenvalue weighted by atomic mass is 35.5. The number of esters is 1. The molecule has 4 nitrogen and oxygen atoms in total. The molecule has 2 rings (SSSR count). The first-order valence-electron chi connectivity index (χ1n) is 6.09. The molecule has 0 aliphatic rings. The predicted octanol–water partition coefficient (Wildman–Crippen LogP) is 3.95. The number of unbranched alkanes of at least 4 members (excludes halogenated alkanes) is 1. The number of ether oxygens (including phenoxy) is 1. The molecular formula is C14H14ClNO3. The Morgan fingerprint density at radius 2 is 2.11 bits per heavy atom. The molecule has 0 bridgehead atoms. The highest BCUT2D eigenvalue weighted by Crippen LogP contribution is 2.21. The number of rotatable bonds is 5. The van der Waals surface area contributed by atoms with E-state index in [2.05, 4.69) is 4.98 Å². The summed E-state index contributed by atoms with van der Waals surface area (Å²) in [5, 5.41) is 0.634. The summed E-state index contributed by atoms with van der Waals surface area (Å²) in [6.45, 7) is 2.43. The molecule has 0 saturated heterocycles.